The molecule has 0 aromatic heterocycles. The quantitative estimate of drug-likeness (QED) is 0.475. The van der Waals surface area contributed by atoms with E-state index >= 15 is 0 Å². The third-order valence-electron chi connectivity index (χ3n) is 4.88. The number of aliphatic hydroxyl groups excluding tert-OH is 1. The fraction of sp³-hybridized carbons (Fsp3) is 0.385. The summed E-state index contributed by atoms with van der Waals surface area (Å²) in [6.45, 7) is 9.04. The molecule has 2 aromatic carbocycles. The SMILES string of the molecule is CC(C)=CCC[C@@](C)(C#Cc1ccc(C)cc1)[C@@H](O)COCc1ccccc1. The second kappa shape index (κ2) is 10.9. The number of aryl methyl sites for hydroxylation is 1. The molecule has 2 aromatic rings. The molecule has 0 saturated heterocycles. The first-order valence-electron chi connectivity index (χ1n) is 9.92. The lowest BCUT2D eigenvalue weighted by Crippen LogP contribution is -2.35. The highest BCUT2D eigenvalue weighted by Crippen LogP contribution is 2.28. The van der Waals surface area contributed by atoms with E-state index < -0.39 is 11.5 Å². The van der Waals surface area contributed by atoms with E-state index in [4.69, 9.17) is 4.74 Å². The number of rotatable bonds is 8. The minimum Gasteiger partial charge on any atom is -0.389 e. The van der Waals surface area contributed by atoms with Crippen molar-refractivity contribution in [2.75, 3.05) is 6.61 Å². The second-order valence-corrected chi connectivity index (χ2v) is 7.87. The third-order valence-corrected chi connectivity index (χ3v) is 4.88. The Balaban J connectivity index is 2.07. The van der Waals surface area contributed by atoms with E-state index in [2.05, 4.69) is 50.8 Å². The maximum atomic E-state index is 10.9. The number of aliphatic hydroxyl groups is 1. The minimum atomic E-state index is -0.653. The van der Waals surface area contributed by atoms with Crippen molar-refractivity contribution in [1.82, 2.24) is 0 Å². The summed E-state index contributed by atoms with van der Waals surface area (Å²) in [5, 5.41) is 10.9. The predicted molar refractivity (Wildman–Crippen MR) is 117 cm³/mol. The standard InChI is InChI=1S/C26H32O2/c1-21(2)9-8-17-26(4,18-16-23-14-12-22(3)13-15-23)25(27)20-28-19-24-10-6-5-7-11-24/h5-7,9-15,25,27H,8,17,19-20H2,1-4H3/t25-,26-/m0/s1. The van der Waals surface area contributed by atoms with Crippen molar-refractivity contribution in [2.24, 2.45) is 5.41 Å². The number of ether oxygens (including phenoxy) is 1. The number of hydrogen-bond acceptors (Lipinski definition) is 2. The van der Waals surface area contributed by atoms with Crippen LogP contribution in [0.1, 0.15) is 50.3 Å². The number of hydrogen-bond donors (Lipinski definition) is 1. The molecule has 0 saturated carbocycles. The average molecular weight is 377 g/mol. The molecule has 0 aliphatic rings. The van der Waals surface area contributed by atoms with Crippen molar-refractivity contribution in [3.8, 4) is 11.8 Å². The first-order valence-corrected chi connectivity index (χ1v) is 9.92. The zero-order valence-electron chi connectivity index (χ0n) is 17.5. The van der Waals surface area contributed by atoms with Crippen LogP contribution >= 0.6 is 0 Å². The van der Waals surface area contributed by atoms with E-state index in [0.29, 0.717) is 6.61 Å². The molecular formula is C26H32O2. The van der Waals surface area contributed by atoms with Crippen LogP contribution in [0.25, 0.3) is 0 Å². The van der Waals surface area contributed by atoms with Crippen molar-refractivity contribution in [3.05, 3.63) is 82.9 Å². The van der Waals surface area contributed by atoms with Crippen molar-refractivity contribution < 1.29 is 9.84 Å². The van der Waals surface area contributed by atoms with Gasteiger partial charge in [-0.25, -0.2) is 0 Å². The predicted octanol–water partition coefficient (Wildman–Crippen LogP) is 5.68. The van der Waals surface area contributed by atoms with E-state index in [9.17, 15) is 5.11 Å². The van der Waals surface area contributed by atoms with Crippen LogP contribution in [0, 0.1) is 24.2 Å². The highest BCUT2D eigenvalue weighted by molar-refractivity contribution is 5.37. The van der Waals surface area contributed by atoms with Crippen LogP contribution in [-0.2, 0) is 11.3 Å². The van der Waals surface area contributed by atoms with Crippen LogP contribution in [0.5, 0.6) is 0 Å². The van der Waals surface area contributed by atoms with Crippen molar-refractivity contribution in [1.29, 1.82) is 0 Å². The summed E-state index contributed by atoms with van der Waals surface area (Å²) in [5.74, 6) is 6.60. The van der Waals surface area contributed by atoms with Crippen LogP contribution in [0.4, 0.5) is 0 Å². The average Bonchev–Trinajstić information content (AvgIpc) is 2.68. The molecule has 0 radical (unpaired) electrons. The molecule has 0 bridgehead atoms. The Labute approximate surface area is 170 Å². The lowest BCUT2D eigenvalue weighted by Gasteiger charge is -2.29. The Hall–Kier alpha value is -2.34. The molecule has 2 nitrogen and oxygen atoms in total. The molecular weight excluding hydrogens is 344 g/mol. The highest BCUT2D eigenvalue weighted by atomic mass is 16.5. The highest BCUT2D eigenvalue weighted by Gasteiger charge is 2.30. The fourth-order valence-electron chi connectivity index (χ4n) is 2.87. The van der Waals surface area contributed by atoms with Gasteiger partial charge < -0.3 is 9.84 Å². The van der Waals surface area contributed by atoms with Gasteiger partial charge in [0.25, 0.3) is 0 Å². The molecule has 0 amide bonds. The van der Waals surface area contributed by atoms with Gasteiger partial charge in [-0.2, -0.15) is 0 Å². The monoisotopic (exact) mass is 376 g/mol. The van der Waals surface area contributed by atoms with Gasteiger partial charge in [0.05, 0.1) is 24.7 Å². The van der Waals surface area contributed by atoms with Gasteiger partial charge in [-0.05, 0) is 58.2 Å². The molecule has 2 rings (SSSR count). The Bertz CT molecular complexity index is 805. The van der Waals surface area contributed by atoms with Crippen LogP contribution < -0.4 is 0 Å². The molecule has 0 unspecified atom stereocenters. The van der Waals surface area contributed by atoms with E-state index in [1.807, 2.05) is 49.4 Å². The maximum absolute atomic E-state index is 10.9. The van der Waals surface area contributed by atoms with Gasteiger partial charge in [-0.15, -0.1) is 0 Å². The van der Waals surface area contributed by atoms with E-state index in [1.165, 1.54) is 11.1 Å². The summed E-state index contributed by atoms with van der Waals surface area (Å²) in [4.78, 5) is 0. The van der Waals surface area contributed by atoms with Gasteiger partial charge >= 0.3 is 0 Å². The molecule has 0 spiro atoms. The van der Waals surface area contributed by atoms with Gasteiger partial charge in [0.15, 0.2) is 0 Å². The maximum Gasteiger partial charge on any atom is 0.0936 e. The van der Waals surface area contributed by atoms with Gasteiger partial charge in [0.1, 0.15) is 0 Å². The first-order chi connectivity index (χ1) is 13.4. The Morgan fingerprint density at radius 1 is 1.11 bits per heavy atom. The second-order valence-electron chi connectivity index (χ2n) is 7.87. The molecule has 0 aliphatic heterocycles. The largest absolute Gasteiger partial charge is 0.389 e. The summed E-state index contributed by atoms with van der Waals surface area (Å²) < 4.78 is 5.79. The fourth-order valence-corrected chi connectivity index (χ4v) is 2.87. The minimum absolute atomic E-state index is 0.267. The van der Waals surface area contributed by atoms with E-state index in [0.717, 1.165) is 24.0 Å². The van der Waals surface area contributed by atoms with Crippen molar-refractivity contribution >= 4 is 0 Å². The van der Waals surface area contributed by atoms with Gasteiger partial charge in [0.2, 0.25) is 0 Å². The van der Waals surface area contributed by atoms with Crippen LogP contribution in [0.2, 0.25) is 0 Å². The van der Waals surface area contributed by atoms with Crippen molar-refractivity contribution in [3.63, 3.8) is 0 Å². The Kier molecular flexibility index (Phi) is 8.51. The summed E-state index contributed by atoms with van der Waals surface area (Å²) in [6, 6.07) is 18.2. The molecule has 0 heterocycles. The molecule has 148 valence electrons. The first kappa shape index (κ1) is 22.0. The summed E-state index contributed by atoms with van der Waals surface area (Å²) in [6.07, 6.45) is 3.22. The van der Waals surface area contributed by atoms with Gasteiger partial charge in [-0.3, -0.25) is 0 Å². The van der Waals surface area contributed by atoms with E-state index in [1.54, 1.807) is 0 Å². The molecule has 28 heavy (non-hydrogen) atoms. The lowest BCUT2D eigenvalue weighted by molar-refractivity contribution is -0.0209. The lowest BCUT2D eigenvalue weighted by atomic mass is 9.80. The summed E-state index contributed by atoms with van der Waals surface area (Å²) >= 11 is 0. The molecule has 0 fully saturated rings. The molecule has 2 atom stereocenters. The normalized spacial score (nSPS) is 13.8. The van der Waals surface area contributed by atoms with Crippen LogP contribution in [0.15, 0.2) is 66.2 Å². The third kappa shape index (κ3) is 7.35. The van der Waals surface area contributed by atoms with Crippen molar-refractivity contribution in [2.45, 2.75) is 53.2 Å². The molecule has 2 heteroatoms. The van der Waals surface area contributed by atoms with Crippen LogP contribution in [0.3, 0.4) is 0 Å². The number of benzene rings is 2. The Morgan fingerprint density at radius 3 is 2.43 bits per heavy atom. The van der Waals surface area contributed by atoms with Gasteiger partial charge in [-0.1, -0.05) is 71.5 Å². The topological polar surface area (TPSA) is 29.5 Å². The zero-order valence-corrected chi connectivity index (χ0v) is 17.5. The summed E-state index contributed by atoms with van der Waals surface area (Å²) in [7, 11) is 0. The molecule has 1 N–H and O–H groups in total. The molecule has 0 aliphatic carbocycles. The van der Waals surface area contributed by atoms with E-state index in [-0.39, 0.29) is 6.61 Å². The summed E-state index contributed by atoms with van der Waals surface area (Å²) in [5.41, 5.74) is 4.03. The Morgan fingerprint density at radius 2 is 1.79 bits per heavy atom. The smallest absolute Gasteiger partial charge is 0.0936 e. The van der Waals surface area contributed by atoms with Crippen LogP contribution in [-0.4, -0.2) is 17.8 Å². The zero-order chi connectivity index (χ0) is 20.4. The van der Waals surface area contributed by atoms with Gasteiger partial charge in [0, 0.05) is 5.56 Å². The number of allylic oxidation sites excluding steroid dienone is 2.